The van der Waals surface area contributed by atoms with E-state index in [9.17, 15) is 29.7 Å². The van der Waals surface area contributed by atoms with E-state index in [0.29, 0.717) is 0 Å². The number of carboxylic acid groups (broad SMARTS) is 1. The van der Waals surface area contributed by atoms with Gasteiger partial charge in [0.05, 0.1) is 25.2 Å². The minimum absolute atomic E-state index is 0.0481. The number of carbonyl (C=O) groups is 1. The van der Waals surface area contributed by atoms with Crippen molar-refractivity contribution in [1.82, 2.24) is 14.5 Å². The quantitative estimate of drug-likeness (QED) is 0.495. The van der Waals surface area contributed by atoms with E-state index < -0.39 is 47.8 Å². The Hall–Kier alpha value is -2.17. The molecule has 23 heavy (non-hydrogen) atoms. The van der Waals surface area contributed by atoms with Gasteiger partial charge in [0.1, 0.15) is 11.8 Å². The Kier molecular flexibility index (Phi) is 3.54. The minimum Gasteiger partial charge on any atom is -0.465 e. The van der Waals surface area contributed by atoms with Crippen molar-refractivity contribution < 1.29 is 24.9 Å². The normalized spacial score (nSPS) is 33.0. The Morgan fingerprint density at radius 2 is 2.22 bits per heavy atom. The largest absolute Gasteiger partial charge is 0.465 e. The maximum absolute atomic E-state index is 12.0. The van der Waals surface area contributed by atoms with E-state index >= 15 is 0 Å². The summed E-state index contributed by atoms with van der Waals surface area (Å²) in [5, 5.41) is 29.2. The van der Waals surface area contributed by atoms with E-state index in [1.807, 2.05) is 0 Å². The summed E-state index contributed by atoms with van der Waals surface area (Å²) in [7, 11) is 0. The third-order valence-corrected chi connectivity index (χ3v) is 4.51. The average Bonchev–Trinajstić information content (AvgIpc) is 2.67. The fourth-order valence-electron chi connectivity index (χ4n) is 3.27. The van der Waals surface area contributed by atoms with Gasteiger partial charge in [-0.25, -0.2) is 9.59 Å². The Labute approximate surface area is 129 Å². The van der Waals surface area contributed by atoms with Crippen molar-refractivity contribution >= 4 is 6.09 Å². The van der Waals surface area contributed by atoms with Crippen LogP contribution in [0.4, 0.5) is 4.79 Å². The van der Waals surface area contributed by atoms with Gasteiger partial charge in [0.15, 0.2) is 0 Å². The monoisotopic (exact) mass is 327 g/mol. The Morgan fingerprint density at radius 3 is 2.83 bits per heavy atom. The molecule has 0 radical (unpaired) electrons. The zero-order valence-electron chi connectivity index (χ0n) is 12.3. The first kappa shape index (κ1) is 15.7. The Morgan fingerprint density at radius 1 is 1.52 bits per heavy atom. The fourth-order valence-corrected chi connectivity index (χ4v) is 3.27. The number of nitrogens with zero attached hydrogens (tertiary/aromatic N) is 2. The number of amides is 1. The van der Waals surface area contributed by atoms with E-state index in [1.54, 1.807) is 0 Å². The van der Waals surface area contributed by atoms with E-state index in [4.69, 9.17) is 4.74 Å². The van der Waals surface area contributed by atoms with E-state index in [-0.39, 0.29) is 18.7 Å². The summed E-state index contributed by atoms with van der Waals surface area (Å²) in [5.41, 5.74) is -2.47. The van der Waals surface area contributed by atoms with Crippen molar-refractivity contribution in [2.45, 2.75) is 24.9 Å². The number of ether oxygens (including phenoxy) is 1. The van der Waals surface area contributed by atoms with Crippen molar-refractivity contribution in [3.63, 3.8) is 0 Å². The predicted molar refractivity (Wildman–Crippen MR) is 75.1 cm³/mol. The molecular weight excluding hydrogens is 310 g/mol. The molecule has 3 heterocycles. The number of hydrogen-bond acceptors (Lipinski definition) is 6. The van der Waals surface area contributed by atoms with E-state index in [2.05, 4.69) is 4.98 Å². The number of aromatic nitrogens is 2. The number of aryl methyl sites for hydroxylation is 1. The van der Waals surface area contributed by atoms with Gasteiger partial charge >= 0.3 is 11.8 Å². The number of fused-ring (bicyclic) bond motifs is 2. The SMILES string of the molecule is Cc1cn([C@@H]2O[C@@]3(CO)CN(C(=O)O)C[C@@H]2[C@@H]3O)c(=O)[nH]c1=O. The van der Waals surface area contributed by atoms with Crippen molar-refractivity contribution in [1.29, 1.82) is 0 Å². The lowest BCUT2D eigenvalue weighted by molar-refractivity contribution is -0.137. The number of aliphatic hydroxyl groups is 2. The summed E-state index contributed by atoms with van der Waals surface area (Å²) in [4.78, 5) is 37.9. The summed E-state index contributed by atoms with van der Waals surface area (Å²) < 4.78 is 6.83. The standard InChI is InChI=1S/C13H17N3O7/c1-6-2-16(11(20)14-9(6)19)10-7-3-15(12(21)22)4-13(5-17,23-10)8(7)18/h2,7-8,10,17-18H,3-5H2,1H3,(H,21,22)(H,14,19,20)/t7-,8+,10-,13-/m1/s1. The highest BCUT2D eigenvalue weighted by molar-refractivity contribution is 5.65. The molecule has 2 aliphatic heterocycles. The number of hydrogen-bond donors (Lipinski definition) is 4. The van der Waals surface area contributed by atoms with E-state index in [1.165, 1.54) is 13.1 Å². The predicted octanol–water partition coefficient (Wildman–Crippen LogP) is -1.92. The molecule has 1 aromatic heterocycles. The summed E-state index contributed by atoms with van der Waals surface area (Å²) in [6, 6.07) is 0. The number of H-pyrrole nitrogens is 1. The molecule has 2 saturated heterocycles. The molecule has 0 aliphatic carbocycles. The van der Waals surface area contributed by atoms with Crippen molar-refractivity contribution in [3.8, 4) is 0 Å². The molecule has 0 saturated carbocycles. The number of rotatable bonds is 2. The maximum Gasteiger partial charge on any atom is 0.407 e. The highest BCUT2D eigenvalue weighted by Crippen LogP contribution is 2.45. The van der Waals surface area contributed by atoms with Gasteiger partial charge in [0.2, 0.25) is 0 Å². The molecule has 126 valence electrons. The van der Waals surface area contributed by atoms with Gasteiger partial charge in [0.25, 0.3) is 5.56 Å². The highest BCUT2D eigenvalue weighted by atomic mass is 16.6. The van der Waals surface area contributed by atoms with Crippen LogP contribution in [0.5, 0.6) is 0 Å². The van der Waals surface area contributed by atoms with Crippen LogP contribution in [0.3, 0.4) is 0 Å². The summed E-state index contributed by atoms with van der Waals surface area (Å²) in [6.45, 7) is 0.664. The van der Waals surface area contributed by atoms with Crippen molar-refractivity contribution in [2.24, 2.45) is 5.92 Å². The molecule has 10 heteroatoms. The third-order valence-electron chi connectivity index (χ3n) is 4.51. The molecule has 4 atom stereocenters. The molecule has 0 spiro atoms. The molecule has 10 nitrogen and oxygen atoms in total. The lowest BCUT2D eigenvalue weighted by Crippen LogP contribution is -2.60. The number of piperidine rings is 1. The molecule has 2 bridgehead atoms. The van der Waals surface area contributed by atoms with Crippen LogP contribution >= 0.6 is 0 Å². The molecule has 2 aliphatic rings. The third kappa shape index (κ3) is 2.26. The van der Waals surface area contributed by atoms with Gasteiger partial charge in [-0.05, 0) is 6.92 Å². The maximum atomic E-state index is 12.0. The van der Waals surface area contributed by atoms with Crippen LogP contribution in [0.2, 0.25) is 0 Å². The number of aromatic amines is 1. The molecule has 0 aromatic carbocycles. The lowest BCUT2D eigenvalue weighted by Gasteiger charge is -2.39. The van der Waals surface area contributed by atoms with Crippen molar-refractivity contribution in [2.75, 3.05) is 19.7 Å². The molecule has 0 unspecified atom stereocenters. The fraction of sp³-hybridized carbons (Fsp3) is 0.615. The van der Waals surface area contributed by atoms with Gasteiger partial charge in [-0.2, -0.15) is 0 Å². The Bertz CT molecular complexity index is 757. The summed E-state index contributed by atoms with van der Waals surface area (Å²) >= 11 is 0. The van der Waals surface area contributed by atoms with Crippen LogP contribution in [0.1, 0.15) is 11.8 Å². The molecular formula is C13H17N3O7. The number of likely N-dealkylation sites (tertiary alicyclic amines) is 1. The molecule has 3 rings (SSSR count). The van der Waals surface area contributed by atoms with Crippen LogP contribution in [-0.2, 0) is 4.74 Å². The first-order chi connectivity index (χ1) is 10.8. The second kappa shape index (κ2) is 5.18. The topological polar surface area (TPSA) is 145 Å². The van der Waals surface area contributed by atoms with Gasteiger partial charge in [-0.15, -0.1) is 0 Å². The van der Waals surface area contributed by atoms with Crippen LogP contribution in [0, 0.1) is 12.8 Å². The van der Waals surface area contributed by atoms with Gasteiger partial charge in [-0.1, -0.05) is 0 Å². The number of nitrogens with one attached hydrogen (secondary N) is 1. The van der Waals surface area contributed by atoms with Gasteiger partial charge < -0.3 is 25.0 Å². The second-order valence-corrected chi connectivity index (χ2v) is 5.98. The molecule has 1 aromatic rings. The zero-order chi connectivity index (χ0) is 16.9. The molecule has 4 N–H and O–H groups in total. The second-order valence-electron chi connectivity index (χ2n) is 5.98. The van der Waals surface area contributed by atoms with Crippen LogP contribution in [0.25, 0.3) is 0 Å². The van der Waals surface area contributed by atoms with Crippen LogP contribution in [0.15, 0.2) is 15.8 Å². The molecule has 1 amide bonds. The number of aliphatic hydroxyl groups excluding tert-OH is 2. The van der Waals surface area contributed by atoms with Gasteiger partial charge in [-0.3, -0.25) is 14.3 Å². The lowest BCUT2D eigenvalue weighted by atomic mass is 9.85. The van der Waals surface area contributed by atoms with E-state index in [0.717, 1.165) is 9.47 Å². The van der Waals surface area contributed by atoms with Crippen molar-refractivity contribution in [3.05, 3.63) is 32.6 Å². The first-order valence-electron chi connectivity index (χ1n) is 7.06. The summed E-state index contributed by atoms with van der Waals surface area (Å²) in [5.74, 6) is -0.741. The highest BCUT2D eigenvalue weighted by Gasteiger charge is 2.60. The summed E-state index contributed by atoms with van der Waals surface area (Å²) in [6.07, 6.45) is -2.01. The smallest absolute Gasteiger partial charge is 0.407 e. The first-order valence-corrected chi connectivity index (χ1v) is 7.06. The molecule has 2 fully saturated rings. The zero-order valence-corrected chi connectivity index (χ0v) is 12.3. The minimum atomic E-state index is -1.49. The van der Waals surface area contributed by atoms with Crippen LogP contribution in [-0.4, -0.2) is 67.3 Å². The average molecular weight is 327 g/mol. The van der Waals surface area contributed by atoms with Crippen LogP contribution < -0.4 is 11.2 Å². The Balaban J connectivity index is 2.06. The van der Waals surface area contributed by atoms with Gasteiger partial charge in [0, 0.05) is 18.3 Å².